The van der Waals surface area contributed by atoms with Crippen LogP contribution in [-0.2, 0) is 11.8 Å². The number of nitrogens with zero attached hydrogens (tertiary/aromatic N) is 3. The molecule has 1 fully saturated rings. The molecule has 2 heterocycles. The number of hydrogen-bond donors (Lipinski definition) is 1. The predicted octanol–water partition coefficient (Wildman–Crippen LogP) is 1.90. The lowest BCUT2D eigenvalue weighted by molar-refractivity contribution is -0.137. The van der Waals surface area contributed by atoms with Crippen molar-refractivity contribution in [2.45, 2.75) is 52.0 Å². The first-order valence-corrected chi connectivity index (χ1v) is 7.44. The number of carboxylic acids is 1. The summed E-state index contributed by atoms with van der Waals surface area (Å²) in [4.78, 5) is 25.5. The number of amides is 1. The standard InChI is InChI=1S/C15H23N3O3/c1-10-14(11(2)17(3)16-10)15(21)18-9-5-4-6-12(18)7-8-13(19)20/h12H,4-9H2,1-3H3,(H,19,20)/t12-/m1/s1. The number of rotatable bonds is 4. The van der Waals surface area contributed by atoms with Gasteiger partial charge in [-0.25, -0.2) is 0 Å². The van der Waals surface area contributed by atoms with Crippen molar-refractivity contribution in [1.29, 1.82) is 0 Å². The maximum Gasteiger partial charge on any atom is 0.303 e. The molecule has 1 amide bonds. The van der Waals surface area contributed by atoms with Crippen molar-refractivity contribution in [1.82, 2.24) is 14.7 Å². The van der Waals surface area contributed by atoms with E-state index >= 15 is 0 Å². The summed E-state index contributed by atoms with van der Waals surface area (Å²) in [5, 5.41) is 13.2. The topological polar surface area (TPSA) is 75.4 Å². The molecule has 6 nitrogen and oxygen atoms in total. The van der Waals surface area contributed by atoms with Gasteiger partial charge in [0.15, 0.2) is 0 Å². The molecule has 0 unspecified atom stereocenters. The van der Waals surface area contributed by atoms with Gasteiger partial charge in [0, 0.05) is 31.7 Å². The minimum Gasteiger partial charge on any atom is -0.481 e. The molecule has 1 aromatic heterocycles. The lowest BCUT2D eigenvalue weighted by atomic mass is 9.96. The molecule has 0 spiro atoms. The molecule has 1 N–H and O–H groups in total. The highest BCUT2D eigenvalue weighted by Gasteiger charge is 2.30. The highest BCUT2D eigenvalue weighted by atomic mass is 16.4. The third-order valence-corrected chi connectivity index (χ3v) is 4.30. The number of aryl methyl sites for hydroxylation is 2. The number of piperidine rings is 1. The van der Waals surface area contributed by atoms with Crippen LogP contribution in [0.4, 0.5) is 0 Å². The van der Waals surface area contributed by atoms with Crippen molar-refractivity contribution in [3.05, 3.63) is 17.0 Å². The van der Waals surface area contributed by atoms with Gasteiger partial charge < -0.3 is 10.0 Å². The molecule has 1 saturated heterocycles. The maximum absolute atomic E-state index is 12.8. The monoisotopic (exact) mass is 293 g/mol. The molecular formula is C15H23N3O3. The van der Waals surface area contributed by atoms with Gasteiger partial charge in [-0.2, -0.15) is 5.10 Å². The van der Waals surface area contributed by atoms with Crippen LogP contribution in [0.15, 0.2) is 0 Å². The molecule has 116 valence electrons. The van der Waals surface area contributed by atoms with Crippen molar-refractivity contribution in [2.24, 2.45) is 7.05 Å². The van der Waals surface area contributed by atoms with Gasteiger partial charge in [0.05, 0.1) is 11.3 Å². The number of likely N-dealkylation sites (tertiary alicyclic amines) is 1. The fourth-order valence-electron chi connectivity index (χ4n) is 3.08. The fourth-order valence-corrected chi connectivity index (χ4v) is 3.08. The van der Waals surface area contributed by atoms with E-state index in [9.17, 15) is 9.59 Å². The largest absolute Gasteiger partial charge is 0.481 e. The number of aliphatic carboxylic acids is 1. The summed E-state index contributed by atoms with van der Waals surface area (Å²) in [6.07, 6.45) is 3.56. The molecule has 0 aliphatic carbocycles. The summed E-state index contributed by atoms with van der Waals surface area (Å²) in [6.45, 7) is 4.44. The molecule has 1 aromatic rings. The van der Waals surface area contributed by atoms with Gasteiger partial charge in [0.1, 0.15) is 0 Å². The van der Waals surface area contributed by atoms with Crippen molar-refractivity contribution in [2.75, 3.05) is 6.54 Å². The third kappa shape index (κ3) is 3.25. The normalized spacial score (nSPS) is 18.8. The van der Waals surface area contributed by atoms with E-state index in [0.29, 0.717) is 18.5 Å². The van der Waals surface area contributed by atoms with Crippen LogP contribution in [-0.4, -0.2) is 44.3 Å². The third-order valence-electron chi connectivity index (χ3n) is 4.30. The zero-order chi connectivity index (χ0) is 15.6. The first kappa shape index (κ1) is 15.5. The lowest BCUT2D eigenvalue weighted by Crippen LogP contribution is -2.44. The lowest BCUT2D eigenvalue weighted by Gasteiger charge is -2.35. The van der Waals surface area contributed by atoms with E-state index < -0.39 is 5.97 Å². The summed E-state index contributed by atoms with van der Waals surface area (Å²) < 4.78 is 1.72. The van der Waals surface area contributed by atoms with E-state index in [4.69, 9.17) is 5.11 Å². The minimum absolute atomic E-state index is 0.00631. The van der Waals surface area contributed by atoms with Crippen LogP contribution in [0, 0.1) is 13.8 Å². The average molecular weight is 293 g/mol. The quantitative estimate of drug-likeness (QED) is 0.920. The van der Waals surface area contributed by atoms with E-state index in [-0.39, 0.29) is 18.4 Å². The molecule has 1 aliphatic rings. The second-order valence-electron chi connectivity index (χ2n) is 5.75. The van der Waals surface area contributed by atoms with Crippen molar-refractivity contribution in [3.8, 4) is 0 Å². The van der Waals surface area contributed by atoms with E-state index in [1.165, 1.54) is 0 Å². The van der Waals surface area contributed by atoms with Gasteiger partial charge in [-0.1, -0.05) is 0 Å². The van der Waals surface area contributed by atoms with Gasteiger partial charge in [0.2, 0.25) is 0 Å². The Morgan fingerprint density at radius 1 is 1.33 bits per heavy atom. The summed E-state index contributed by atoms with van der Waals surface area (Å²) in [6, 6.07) is 0.0290. The first-order chi connectivity index (χ1) is 9.91. The molecule has 0 aromatic carbocycles. The highest BCUT2D eigenvalue weighted by Crippen LogP contribution is 2.25. The zero-order valence-electron chi connectivity index (χ0n) is 12.9. The Kier molecular flexibility index (Phi) is 4.65. The highest BCUT2D eigenvalue weighted by molar-refractivity contribution is 5.96. The summed E-state index contributed by atoms with van der Waals surface area (Å²) in [5.74, 6) is -0.810. The van der Waals surface area contributed by atoms with Crippen LogP contribution in [0.5, 0.6) is 0 Å². The molecule has 0 saturated carbocycles. The van der Waals surface area contributed by atoms with Gasteiger partial charge in [-0.3, -0.25) is 14.3 Å². The van der Waals surface area contributed by atoms with Crippen molar-refractivity contribution >= 4 is 11.9 Å². The minimum atomic E-state index is -0.804. The number of carbonyl (C=O) groups is 2. The second-order valence-corrected chi connectivity index (χ2v) is 5.75. The number of hydrogen-bond acceptors (Lipinski definition) is 3. The van der Waals surface area contributed by atoms with E-state index in [0.717, 1.165) is 30.7 Å². The average Bonchev–Trinajstić information content (AvgIpc) is 2.69. The Morgan fingerprint density at radius 3 is 2.62 bits per heavy atom. The van der Waals surface area contributed by atoms with E-state index in [1.807, 2.05) is 25.8 Å². The summed E-state index contributed by atoms with van der Waals surface area (Å²) >= 11 is 0. The molecule has 0 radical (unpaired) electrons. The second kappa shape index (κ2) is 6.28. The van der Waals surface area contributed by atoms with E-state index in [2.05, 4.69) is 5.10 Å². The molecule has 21 heavy (non-hydrogen) atoms. The van der Waals surface area contributed by atoms with Crippen LogP contribution in [0.1, 0.15) is 53.8 Å². The van der Waals surface area contributed by atoms with E-state index in [1.54, 1.807) is 4.68 Å². The van der Waals surface area contributed by atoms with Gasteiger partial charge >= 0.3 is 5.97 Å². The Morgan fingerprint density at radius 2 is 2.05 bits per heavy atom. The Hall–Kier alpha value is -1.85. The SMILES string of the molecule is Cc1nn(C)c(C)c1C(=O)N1CCCC[C@@H]1CCC(=O)O. The summed E-state index contributed by atoms with van der Waals surface area (Å²) in [7, 11) is 1.83. The smallest absolute Gasteiger partial charge is 0.303 e. The van der Waals surface area contributed by atoms with Crippen LogP contribution in [0.2, 0.25) is 0 Å². The zero-order valence-corrected chi connectivity index (χ0v) is 12.9. The molecular weight excluding hydrogens is 270 g/mol. The Bertz CT molecular complexity index is 551. The van der Waals surface area contributed by atoms with Gasteiger partial charge in [-0.05, 0) is 39.5 Å². The van der Waals surface area contributed by atoms with Gasteiger partial charge in [0.25, 0.3) is 5.91 Å². The molecule has 0 bridgehead atoms. The Labute approximate surface area is 124 Å². The molecule has 1 aliphatic heterocycles. The van der Waals surface area contributed by atoms with Crippen LogP contribution >= 0.6 is 0 Å². The fraction of sp³-hybridized carbons (Fsp3) is 0.667. The maximum atomic E-state index is 12.8. The first-order valence-electron chi connectivity index (χ1n) is 7.44. The molecule has 2 rings (SSSR count). The number of carbonyl (C=O) groups excluding carboxylic acids is 1. The number of aromatic nitrogens is 2. The van der Waals surface area contributed by atoms with Crippen molar-refractivity contribution < 1.29 is 14.7 Å². The molecule has 1 atom stereocenters. The predicted molar refractivity (Wildman–Crippen MR) is 78.2 cm³/mol. The van der Waals surface area contributed by atoms with Crippen LogP contribution in [0.3, 0.4) is 0 Å². The van der Waals surface area contributed by atoms with Crippen molar-refractivity contribution in [3.63, 3.8) is 0 Å². The number of carboxylic acid groups (broad SMARTS) is 1. The van der Waals surface area contributed by atoms with Crippen LogP contribution in [0.25, 0.3) is 0 Å². The summed E-state index contributed by atoms with van der Waals surface area (Å²) in [5.41, 5.74) is 2.27. The van der Waals surface area contributed by atoms with Crippen LogP contribution < -0.4 is 0 Å². The Balaban J connectivity index is 2.20. The van der Waals surface area contributed by atoms with Gasteiger partial charge in [-0.15, -0.1) is 0 Å². The molecule has 6 heteroatoms.